The molecule has 1 aromatic heterocycles. The lowest BCUT2D eigenvalue weighted by molar-refractivity contribution is 0.0915. The molecule has 126 valence electrons. The molecule has 7 nitrogen and oxygen atoms in total. The fourth-order valence-corrected chi connectivity index (χ4v) is 5.51. The molecular weight excluding hydrogens is 316 g/mol. The van der Waals surface area contributed by atoms with Crippen molar-refractivity contribution in [3.8, 4) is 0 Å². The van der Waals surface area contributed by atoms with Gasteiger partial charge in [0.25, 0.3) is 5.91 Å². The van der Waals surface area contributed by atoms with Gasteiger partial charge in [-0.05, 0) is 26.2 Å². The first-order chi connectivity index (χ1) is 10.8. The lowest BCUT2D eigenvalue weighted by Gasteiger charge is -2.24. The summed E-state index contributed by atoms with van der Waals surface area (Å²) in [5, 5.41) is 2.78. The van der Waals surface area contributed by atoms with Crippen molar-refractivity contribution < 1.29 is 13.2 Å². The number of aromatic nitrogens is 2. The van der Waals surface area contributed by atoms with Gasteiger partial charge in [-0.15, -0.1) is 0 Å². The lowest BCUT2D eigenvalue weighted by atomic mass is 10.0. The van der Waals surface area contributed by atoms with Crippen molar-refractivity contribution in [1.29, 1.82) is 0 Å². The van der Waals surface area contributed by atoms with Crippen molar-refractivity contribution in [2.45, 2.75) is 50.5 Å². The molecule has 8 heteroatoms. The molecule has 3 rings (SSSR count). The van der Waals surface area contributed by atoms with Gasteiger partial charge < -0.3 is 11.1 Å². The zero-order valence-corrected chi connectivity index (χ0v) is 14.0. The summed E-state index contributed by atoms with van der Waals surface area (Å²) in [5.74, 6) is 0.810. The molecule has 1 saturated carbocycles. The standard InChI is InChI=1S/C15H22N4O3S/c1-15(6-7-23(21,22)9-15)19-14(20)11-8-17-13(18-12(11)16)10-4-2-3-5-10/h8,10H,2-7,9H2,1H3,(H,19,20)(H2,16,17,18). The van der Waals surface area contributed by atoms with Gasteiger partial charge in [0, 0.05) is 12.1 Å². The van der Waals surface area contributed by atoms with Crippen LogP contribution in [0.3, 0.4) is 0 Å². The zero-order chi connectivity index (χ0) is 16.7. The first kappa shape index (κ1) is 16.2. The highest BCUT2D eigenvalue weighted by Crippen LogP contribution is 2.32. The minimum atomic E-state index is -3.09. The maximum Gasteiger partial charge on any atom is 0.257 e. The van der Waals surface area contributed by atoms with Gasteiger partial charge in [0.1, 0.15) is 11.6 Å². The highest BCUT2D eigenvalue weighted by atomic mass is 32.2. The summed E-state index contributed by atoms with van der Waals surface area (Å²) in [7, 11) is -3.09. The largest absolute Gasteiger partial charge is 0.383 e. The van der Waals surface area contributed by atoms with Crippen LogP contribution in [0.5, 0.6) is 0 Å². The van der Waals surface area contributed by atoms with Crippen LogP contribution in [0.15, 0.2) is 6.20 Å². The van der Waals surface area contributed by atoms with Crippen molar-refractivity contribution >= 4 is 21.6 Å². The Balaban J connectivity index is 1.75. The van der Waals surface area contributed by atoms with Gasteiger partial charge in [-0.25, -0.2) is 18.4 Å². The van der Waals surface area contributed by atoms with Gasteiger partial charge in [0.15, 0.2) is 9.84 Å². The first-order valence-corrected chi connectivity index (χ1v) is 9.75. The predicted octanol–water partition coefficient (Wildman–Crippen LogP) is 1.02. The molecule has 2 fully saturated rings. The van der Waals surface area contributed by atoms with Crippen LogP contribution in [0.1, 0.15) is 61.1 Å². The number of nitrogens with two attached hydrogens (primary N) is 1. The minimum absolute atomic E-state index is 0.0489. The van der Waals surface area contributed by atoms with Gasteiger partial charge in [0.2, 0.25) is 0 Å². The van der Waals surface area contributed by atoms with Gasteiger partial charge in [-0.2, -0.15) is 0 Å². The summed E-state index contributed by atoms with van der Waals surface area (Å²) >= 11 is 0. The number of rotatable bonds is 3. The van der Waals surface area contributed by atoms with Crippen molar-refractivity contribution in [3.63, 3.8) is 0 Å². The summed E-state index contributed by atoms with van der Waals surface area (Å²) in [6.45, 7) is 1.74. The number of carbonyl (C=O) groups excluding carboxylic acids is 1. The molecule has 0 spiro atoms. The molecular formula is C15H22N4O3S. The van der Waals surface area contributed by atoms with E-state index in [-0.39, 0.29) is 22.9 Å². The zero-order valence-electron chi connectivity index (χ0n) is 13.2. The highest BCUT2D eigenvalue weighted by molar-refractivity contribution is 7.91. The molecule has 1 unspecified atom stereocenters. The van der Waals surface area contributed by atoms with E-state index in [9.17, 15) is 13.2 Å². The van der Waals surface area contributed by atoms with Crippen LogP contribution in [0.25, 0.3) is 0 Å². The van der Waals surface area contributed by atoms with E-state index in [1.165, 1.54) is 19.0 Å². The van der Waals surface area contributed by atoms with Crippen LogP contribution in [0.2, 0.25) is 0 Å². The number of hydrogen-bond acceptors (Lipinski definition) is 6. The van der Waals surface area contributed by atoms with Crippen LogP contribution in [-0.4, -0.2) is 41.3 Å². The fraction of sp³-hybridized carbons (Fsp3) is 0.667. The summed E-state index contributed by atoms with van der Waals surface area (Å²) < 4.78 is 23.2. The number of anilines is 1. The molecule has 23 heavy (non-hydrogen) atoms. The lowest BCUT2D eigenvalue weighted by Crippen LogP contribution is -2.47. The maximum atomic E-state index is 12.4. The Hall–Kier alpha value is -1.70. The molecule has 0 aromatic carbocycles. The van der Waals surface area contributed by atoms with Crippen LogP contribution < -0.4 is 11.1 Å². The van der Waals surface area contributed by atoms with E-state index in [0.717, 1.165) is 12.8 Å². The van der Waals surface area contributed by atoms with E-state index in [0.29, 0.717) is 18.2 Å². The summed E-state index contributed by atoms with van der Waals surface area (Å²) in [6, 6.07) is 0. The number of amides is 1. The van der Waals surface area contributed by atoms with Crippen LogP contribution in [-0.2, 0) is 9.84 Å². The van der Waals surface area contributed by atoms with E-state index >= 15 is 0 Å². The number of hydrogen-bond donors (Lipinski definition) is 2. The van der Waals surface area contributed by atoms with E-state index in [4.69, 9.17) is 5.73 Å². The third kappa shape index (κ3) is 3.46. The summed E-state index contributed by atoms with van der Waals surface area (Å²) in [5.41, 5.74) is 5.38. The molecule has 1 amide bonds. The van der Waals surface area contributed by atoms with Crippen molar-refractivity contribution in [3.05, 3.63) is 17.6 Å². The first-order valence-electron chi connectivity index (χ1n) is 7.93. The number of carbonyl (C=O) groups is 1. The molecule has 3 N–H and O–H groups in total. The number of nitrogens with one attached hydrogen (secondary N) is 1. The minimum Gasteiger partial charge on any atom is -0.383 e. The van der Waals surface area contributed by atoms with Crippen molar-refractivity contribution in [2.75, 3.05) is 17.2 Å². The summed E-state index contributed by atoms with van der Waals surface area (Å²) in [6.07, 6.45) is 6.31. The van der Waals surface area contributed by atoms with E-state index in [2.05, 4.69) is 15.3 Å². The Morgan fingerprint density at radius 3 is 2.65 bits per heavy atom. The molecule has 2 heterocycles. The van der Waals surface area contributed by atoms with Crippen molar-refractivity contribution in [2.24, 2.45) is 0 Å². The van der Waals surface area contributed by atoms with Crippen LogP contribution in [0.4, 0.5) is 5.82 Å². The van der Waals surface area contributed by atoms with Crippen LogP contribution >= 0.6 is 0 Å². The molecule has 1 aliphatic carbocycles. The highest BCUT2D eigenvalue weighted by Gasteiger charge is 2.40. The second kappa shape index (κ2) is 5.74. The number of sulfone groups is 1. The second-order valence-electron chi connectivity index (χ2n) is 6.87. The molecule has 1 aliphatic heterocycles. The normalized spacial score (nSPS) is 27.2. The average molecular weight is 338 g/mol. The van der Waals surface area contributed by atoms with E-state index in [1.54, 1.807) is 6.92 Å². The number of nitrogens with zero attached hydrogens (tertiary/aromatic N) is 2. The molecule has 1 atom stereocenters. The Labute approximate surface area is 136 Å². The SMILES string of the molecule is CC1(NC(=O)c2cnc(C3CCCC3)nc2N)CCS(=O)(=O)C1. The topological polar surface area (TPSA) is 115 Å². The molecule has 0 radical (unpaired) electrons. The molecule has 2 aliphatic rings. The van der Waals surface area contributed by atoms with Crippen LogP contribution in [0, 0.1) is 0 Å². The van der Waals surface area contributed by atoms with E-state index in [1.807, 2.05) is 0 Å². The Morgan fingerprint density at radius 1 is 1.39 bits per heavy atom. The summed E-state index contributed by atoms with van der Waals surface area (Å²) in [4.78, 5) is 21.0. The fourth-order valence-electron chi connectivity index (χ4n) is 3.42. The molecule has 1 aromatic rings. The monoisotopic (exact) mass is 338 g/mol. The smallest absolute Gasteiger partial charge is 0.257 e. The van der Waals surface area contributed by atoms with E-state index < -0.39 is 21.3 Å². The number of nitrogen functional groups attached to an aromatic ring is 1. The van der Waals surface area contributed by atoms with Gasteiger partial charge in [-0.1, -0.05) is 12.8 Å². The second-order valence-corrected chi connectivity index (χ2v) is 9.05. The quantitative estimate of drug-likeness (QED) is 0.850. The van der Waals surface area contributed by atoms with Gasteiger partial charge in [0.05, 0.1) is 22.6 Å². The molecule has 1 saturated heterocycles. The van der Waals surface area contributed by atoms with Gasteiger partial charge in [-0.3, -0.25) is 4.79 Å². The molecule has 0 bridgehead atoms. The predicted molar refractivity (Wildman–Crippen MR) is 86.8 cm³/mol. The average Bonchev–Trinajstić information content (AvgIpc) is 3.06. The Morgan fingerprint density at radius 2 is 2.09 bits per heavy atom. The third-order valence-corrected chi connectivity index (χ3v) is 6.62. The van der Waals surface area contributed by atoms with Gasteiger partial charge >= 0.3 is 0 Å². The third-order valence-electron chi connectivity index (χ3n) is 4.72. The van der Waals surface area contributed by atoms with Crippen molar-refractivity contribution in [1.82, 2.24) is 15.3 Å². The Bertz CT molecular complexity index is 728. The maximum absolute atomic E-state index is 12.4. The Kier molecular flexibility index (Phi) is 4.03.